The van der Waals surface area contributed by atoms with Gasteiger partial charge in [0, 0.05) is 30.6 Å². The zero-order chi connectivity index (χ0) is 28.6. The van der Waals surface area contributed by atoms with E-state index >= 15 is 0 Å². The Hall–Kier alpha value is -2.63. The van der Waals surface area contributed by atoms with Crippen LogP contribution in [0.25, 0.3) is 20.8 Å². The Morgan fingerprint density at radius 1 is 1.02 bits per heavy atom. The molecule has 7 nitrogen and oxygen atoms in total. The quantitative estimate of drug-likeness (QED) is 0.280. The summed E-state index contributed by atoms with van der Waals surface area (Å²) in [6, 6.07) is 14.4. The molecule has 0 aliphatic carbocycles. The Kier molecular flexibility index (Phi) is 8.45. The van der Waals surface area contributed by atoms with Crippen molar-refractivity contribution in [1.29, 1.82) is 0 Å². The van der Waals surface area contributed by atoms with Crippen molar-refractivity contribution in [3.05, 3.63) is 64.5 Å². The van der Waals surface area contributed by atoms with Crippen LogP contribution in [0.2, 0.25) is 0 Å². The summed E-state index contributed by atoms with van der Waals surface area (Å²) in [4.78, 5) is 21.3. The predicted octanol–water partition coefficient (Wildman–Crippen LogP) is 5.15. The summed E-state index contributed by atoms with van der Waals surface area (Å²) >= 11 is 3.27. The number of nitrogens with zero attached hydrogens (tertiary/aromatic N) is 2. The highest BCUT2D eigenvalue weighted by molar-refractivity contribution is 7.89. The van der Waals surface area contributed by atoms with Gasteiger partial charge in [0.2, 0.25) is 10.0 Å². The number of anilines is 1. The van der Waals surface area contributed by atoms with Crippen LogP contribution in [-0.2, 0) is 23.0 Å². The number of carbonyl (C=O) groups excluding carboxylic acids is 1. The molecule has 1 amide bonds. The van der Waals surface area contributed by atoms with E-state index in [1.165, 1.54) is 15.3 Å². The average molecular weight is 598 g/mol. The second kappa shape index (κ2) is 11.7. The minimum atomic E-state index is -3.66. The molecule has 0 saturated heterocycles. The van der Waals surface area contributed by atoms with Gasteiger partial charge in [-0.1, -0.05) is 39.8 Å². The number of amides is 1. The number of likely N-dealkylation sites (N-methyl/N-ethyl adjacent to an activating group) is 1. The maximum absolute atomic E-state index is 13.4. The van der Waals surface area contributed by atoms with Gasteiger partial charge >= 0.3 is 0 Å². The van der Waals surface area contributed by atoms with Crippen LogP contribution in [0.15, 0.2) is 53.4 Å². The van der Waals surface area contributed by atoms with Gasteiger partial charge in [0.15, 0.2) is 0 Å². The summed E-state index contributed by atoms with van der Waals surface area (Å²) in [7, 11) is -1.47. The molecule has 0 spiro atoms. The average Bonchev–Trinajstić information content (AvgIpc) is 3.48. The number of aromatic nitrogens is 1. The minimum Gasteiger partial charge on any atom is -0.333 e. The number of para-hydroxylation sites is 1. The molecule has 1 aliphatic rings. The molecule has 0 bridgehead atoms. The first-order valence-corrected chi connectivity index (χ1v) is 16.8. The van der Waals surface area contributed by atoms with Crippen LogP contribution in [0.1, 0.15) is 48.5 Å². The molecule has 0 saturated carbocycles. The monoisotopic (exact) mass is 597 g/mol. The van der Waals surface area contributed by atoms with Crippen molar-refractivity contribution < 1.29 is 18.1 Å². The van der Waals surface area contributed by atoms with Crippen LogP contribution in [0.3, 0.4) is 0 Å². The molecular formula is C30H37N4O3S3+. The molecule has 10 heteroatoms. The Labute approximate surface area is 244 Å². The number of rotatable bonds is 9. The zero-order valence-electron chi connectivity index (χ0n) is 23.7. The number of thiazole rings is 1. The number of hydrogen-bond acceptors (Lipinski definition) is 6. The Morgan fingerprint density at radius 3 is 2.35 bits per heavy atom. The van der Waals surface area contributed by atoms with Crippen LogP contribution in [0, 0.1) is 11.8 Å². The first-order valence-electron chi connectivity index (χ1n) is 13.8. The topological polar surface area (TPSA) is 83.8 Å². The number of hydrogen-bond donors (Lipinski definition) is 2. The maximum atomic E-state index is 13.4. The second-order valence-corrected chi connectivity index (χ2v) is 15.5. The van der Waals surface area contributed by atoms with Gasteiger partial charge in [0.25, 0.3) is 5.91 Å². The standard InChI is InChI=1S/C30H36N4O3S3/c1-19(2)16-34(17-20(3)4)40(36,37)22-12-10-21(11-13-22)28(35)32-30-27(23-14-15-33(5)18-26(23)39-30)29-31-24-8-6-7-9-25(24)38-29/h6-13,19-20H,14-18H2,1-5H3,(H,32,35)/p+1. The molecule has 1 unspecified atom stereocenters. The van der Waals surface area contributed by atoms with Gasteiger partial charge in [-0.3, -0.25) is 4.79 Å². The molecule has 1 aliphatic heterocycles. The van der Waals surface area contributed by atoms with Gasteiger partial charge in [0.1, 0.15) is 16.6 Å². The third kappa shape index (κ3) is 6.01. The summed E-state index contributed by atoms with van der Waals surface area (Å²) in [5, 5.41) is 4.88. The van der Waals surface area contributed by atoms with E-state index in [4.69, 9.17) is 4.98 Å². The predicted molar refractivity (Wildman–Crippen MR) is 165 cm³/mol. The molecule has 4 aromatic rings. The molecule has 2 aromatic carbocycles. The molecule has 40 heavy (non-hydrogen) atoms. The maximum Gasteiger partial charge on any atom is 0.256 e. The summed E-state index contributed by atoms with van der Waals surface area (Å²) < 4.78 is 29.5. The number of quaternary nitrogens is 1. The first kappa shape index (κ1) is 28.9. The minimum absolute atomic E-state index is 0.207. The zero-order valence-corrected chi connectivity index (χ0v) is 26.1. The van der Waals surface area contributed by atoms with Gasteiger partial charge in [-0.25, -0.2) is 13.4 Å². The SMILES string of the molecule is CC(C)CN(CC(C)C)S(=O)(=O)c1ccc(C(=O)Nc2sc3c(c2-c2nc4ccccc4s2)CC[NH+](C)C3)cc1. The highest BCUT2D eigenvalue weighted by atomic mass is 32.2. The highest BCUT2D eigenvalue weighted by Crippen LogP contribution is 2.44. The molecule has 3 heterocycles. The molecule has 1 atom stereocenters. The molecular weight excluding hydrogens is 561 g/mol. The number of carbonyl (C=O) groups is 1. The van der Waals surface area contributed by atoms with Crippen LogP contribution < -0.4 is 10.2 Å². The second-order valence-electron chi connectivity index (χ2n) is 11.4. The molecule has 2 aromatic heterocycles. The number of fused-ring (bicyclic) bond motifs is 2. The number of thiophene rings is 1. The van der Waals surface area contributed by atoms with E-state index in [1.807, 2.05) is 45.9 Å². The lowest BCUT2D eigenvalue weighted by atomic mass is 10.0. The molecule has 0 radical (unpaired) electrons. The molecule has 2 N–H and O–H groups in total. The lowest BCUT2D eigenvalue weighted by Gasteiger charge is -2.25. The normalized spacial score (nSPS) is 15.8. The van der Waals surface area contributed by atoms with E-state index in [1.54, 1.807) is 51.2 Å². The van der Waals surface area contributed by atoms with Crippen LogP contribution in [-0.4, -0.2) is 50.3 Å². The third-order valence-electron chi connectivity index (χ3n) is 6.98. The van der Waals surface area contributed by atoms with E-state index in [2.05, 4.69) is 18.4 Å². The van der Waals surface area contributed by atoms with E-state index in [-0.39, 0.29) is 22.6 Å². The molecule has 0 fully saturated rings. The summed E-state index contributed by atoms with van der Waals surface area (Å²) in [5.74, 6) is 0.161. The van der Waals surface area contributed by atoms with E-state index in [0.29, 0.717) is 18.7 Å². The van der Waals surface area contributed by atoms with Crippen molar-refractivity contribution in [1.82, 2.24) is 9.29 Å². The van der Waals surface area contributed by atoms with Gasteiger partial charge in [-0.15, -0.1) is 22.7 Å². The van der Waals surface area contributed by atoms with Crippen molar-refractivity contribution >= 4 is 53.8 Å². The summed E-state index contributed by atoms with van der Waals surface area (Å²) in [6.45, 7) is 10.9. The lowest BCUT2D eigenvalue weighted by Crippen LogP contribution is -3.08. The van der Waals surface area contributed by atoms with Gasteiger partial charge in [0.05, 0.1) is 33.6 Å². The van der Waals surface area contributed by atoms with Crippen LogP contribution in [0.4, 0.5) is 5.00 Å². The van der Waals surface area contributed by atoms with E-state index < -0.39 is 10.0 Å². The molecule has 5 rings (SSSR count). The van der Waals surface area contributed by atoms with Crippen molar-refractivity contribution in [2.45, 2.75) is 45.6 Å². The lowest BCUT2D eigenvalue weighted by molar-refractivity contribution is -0.895. The fraction of sp³-hybridized carbons (Fsp3) is 0.400. The Bertz CT molecular complexity index is 1580. The largest absolute Gasteiger partial charge is 0.333 e. The van der Waals surface area contributed by atoms with Crippen molar-refractivity contribution in [3.63, 3.8) is 0 Å². The third-order valence-corrected chi connectivity index (χ3v) is 11.0. The first-order chi connectivity index (χ1) is 19.0. The van der Waals surface area contributed by atoms with Crippen LogP contribution >= 0.6 is 22.7 Å². The fourth-order valence-electron chi connectivity index (χ4n) is 5.10. The Morgan fingerprint density at radius 2 is 1.70 bits per heavy atom. The summed E-state index contributed by atoms with van der Waals surface area (Å²) in [6.07, 6.45) is 0.939. The number of sulfonamides is 1. The van der Waals surface area contributed by atoms with E-state index in [0.717, 1.165) is 45.3 Å². The smallest absolute Gasteiger partial charge is 0.256 e. The van der Waals surface area contributed by atoms with Crippen molar-refractivity contribution in [2.75, 3.05) is 32.0 Å². The number of benzene rings is 2. The van der Waals surface area contributed by atoms with Crippen molar-refractivity contribution in [3.8, 4) is 10.6 Å². The fourth-order valence-corrected chi connectivity index (χ4v) is 9.34. The van der Waals surface area contributed by atoms with Crippen LogP contribution in [0.5, 0.6) is 0 Å². The van der Waals surface area contributed by atoms with E-state index in [9.17, 15) is 13.2 Å². The van der Waals surface area contributed by atoms with Gasteiger partial charge in [-0.2, -0.15) is 4.31 Å². The number of nitrogens with one attached hydrogen (secondary N) is 2. The molecule has 212 valence electrons. The van der Waals surface area contributed by atoms with Gasteiger partial charge in [-0.05, 0) is 53.8 Å². The Balaban J connectivity index is 1.43. The summed E-state index contributed by atoms with van der Waals surface area (Å²) in [5.41, 5.74) is 3.68. The highest BCUT2D eigenvalue weighted by Gasteiger charge is 2.29. The van der Waals surface area contributed by atoms with Crippen molar-refractivity contribution in [2.24, 2.45) is 11.8 Å². The van der Waals surface area contributed by atoms with Gasteiger partial charge < -0.3 is 10.2 Å².